The number of hydrogen-bond donors (Lipinski definition) is 1. The van der Waals surface area contributed by atoms with Gasteiger partial charge in [-0.3, -0.25) is 14.2 Å². The predicted molar refractivity (Wildman–Crippen MR) is 116 cm³/mol. The van der Waals surface area contributed by atoms with Crippen LogP contribution in [-0.2, 0) is 6.54 Å². The van der Waals surface area contributed by atoms with E-state index in [2.05, 4.69) is 11.6 Å². The number of carbonyl (C=O) groups is 1. The van der Waals surface area contributed by atoms with Gasteiger partial charge in [0.25, 0.3) is 5.56 Å². The van der Waals surface area contributed by atoms with E-state index in [0.29, 0.717) is 34.0 Å². The molecule has 0 aliphatic heterocycles. The number of allylic oxidation sites excluding steroid dienone is 1. The van der Waals surface area contributed by atoms with Crippen LogP contribution in [0.5, 0.6) is 5.75 Å². The van der Waals surface area contributed by atoms with Crippen molar-refractivity contribution in [1.29, 1.82) is 0 Å². The molecule has 0 spiro atoms. The molecule has 29 heavy (non-hydrogen) atoms. The van der Waals surface area contributed by atoms with E-state index < -0.39 is 0 Å². The van der Waals surface area contributed by atoms with Gasteiger partial charge in [0.05, 0.1) is 12.9 Å². The summed E-state index contributed by atoms with van der Waals surface area (Å²) in [6, 6.07) is 14.6. The summed E-state index contributed by atoms with van der Waals surface area (Å²) in [4.78, 5) is 33.5. The second kappa shape index (κ2) is 7.97. The van der Waals surface area contributed by atoms with Gasteiger partial charge in [-0.2, -0.15) is 0 Å². The number of aromatic nitrogens is 3. The van der Waals surface area contributed by atoms with Gasteiger partial charge in [0, 0.05) is 23.0 Å². The summed E-state index contributed by atoms with van der Waals surface area (Å²) >= 11 is 1.25. The summed E-state index contributed by atoms with van der Waals surface area (Å²) in [5.74, 6) is 0.820. The SMILES string of the molecule is C=CCn1c(SCC(=O)c2ccc(OC)cc2)nc2c([nH]c3ccccc32)c1=O. The van der Waals surface area contributed by atoms with E-state index >= 15 is 0 Å². The van der Waals surface area contributed by atoms with Crippen LogP contribution in [0.25, 0.3) is 21.9 Å². The van der Waals surface area contributed by atoms with Crippen LogP contribution in [0.4, 0.5) is 0 Å². The van der Waals surface area contributed by atoms with E-state index in [1.54, 1.807) is 37.5 Å². The molecule has 0 unspecified atom stereocenters. The van der Waals surface area contributed by atoms with E-state index in [4.69, 9.17) is 9.72 Å². The van der Waals surface area contributed by atoms with Crippen LogP contribution in [0.15, 0.2) is 71.1 Å². The Bertz CT molecular complexity index is 1270. The first-order valence-corrected chi connectivity index (χ1v) is 10.0. The van der Waals surface area contributed by atoms with E-state index in [-0.39, 0.29) is 17.1 Å². The molecule has 0 fully saturated rings. The molecule has 7 heteroatoms. The Kier molecular flexibility index (Phi) is 5.22. The Balaban J connectivity index is 1.70. The van der Waals surface area contributed by atoms with Crippen LogP contribution in [0.1, 0.15) is 10.4 Å². The fourth-order valence-electron chi connectivity index (χ4n) is 3.17. The molecule has 146 valence electrons. The summed E-state index contributed by atoms with van der Waals surface area (Å²) in [7, 11) is 1.58. The molecule has 0 amide bonds. The van der Waals surface area contributed by atoms with Crippen molar-refractivity contribution >= 4 is 39.5 Å². The molecule has 2 heterocycles. The molecule has 0 radical (unpaired) electrons. The van der Waals surface area contributed by atoms with E-state index in [1.165, 1.54) is 16.3 Å². The van der Waals surface area contributed by atoms with Gasteiger partial charge >= 0.3 is 0 Å². The van der Waals surface area contributed by atoms with Gasteiger partial charge in [-0.1, -0.05) is 36.0 Å². The molecule has 0 bridgehead atoms. The third-order valence-corrected chi connectivity index (χ3v) is 5.61. The lowest BCUT2D eigenvalue weighted by atomic mass is 10.1. The number of hydrogen-bond acceptors (Lipinski definition) is 5. The third-order valence-electron chi connectivity index (χ3n) is 4.63. The van der Waals surface area contributed by atoms with Gasteiger partial charge in [-0.25, -0.2) is 4.98 Å². The number of H-pyrrole nitrogens is 1. The smallest absolute Gasteiger partial charge is 0.278 e. The molecule has 0 aliphatic carbocycles. The van der Waals surface area contributed by atoms with Crippen LogP contribution in [0.2, 0.25) is 0 Å². The molecule has 4 aromatic rings. The first-order chi connectivity index (χ1) is 14.1. The molecule has 4 rings (SSSR count). The Morgan fingerprint density at radius 1 is 1.24 bits per heavy atom. The van der Waals surface area contributed by atoms with Crippen molar-refractivity contribution in [2.45, 2.75) is 11.7 Å². The fraction of sp³-hybridized carbons (Fsp3) is 0.136. The number of methoxy groups -OCH3 is 1. The summed E-state index contributed by atoms with van der Waals surface area (Å²) in [6.45, 7) is 4.05. The molecule has 1 N–H and O–H groups in total. The first-order valence-electron chi connectivity index (χ1n) is 9.04. The maximum atomic E-state index is 13.0. The van der Waals surface area contributed by atoms with Crippen LogP contribution >= 0.6 is 11.8 Å². The van der Waals surface area contributed by atoms with Crippen molar-refractivity contribution in [2.75, 3.05) is 12.9 Å². The highest BCUT2D eigenvalue weighted by Crippen LogP contribution is 2.25. The number of nitrogens with zero attached hydrogens (tertiary/aromatic N) is 2. The molecule has 2 aromatic heterocycles. The lowest BCUT2D eigenvalue weighted by molar-refractivity contribution is 0.102. The predicted octanol–water partition coefficient (Wildman–Crippen LogP) is 4.05. The van der Waals surface area contributed by atoms with Crippen LogP contribution in [0.3, 0.4) is 0 Å². The first kappa shape index (κ1) is 19.0. The van der Waals surface area contributed by atoms with Crippen LogP contribution in [-0.4, -0.2) is 33.2 Å². The van der Waals surface area contributed by atoms with Gasteiger partial charge in [0.1, 0.15) is 16.8 Å². The number of para-hydroxylation sites is 1. The zero-order valence-electron chi connectivity index (χ0n) is 15.8. The number of aromatic amines is 1. The number of fused-ring (bicyclic) bond motifs is 3. The lowest BCUT2D eigenvalue weighted by Crippen LogP contribution is -2.23. The molecule has 2 aromatic carbocycles. The third kappa shape index (κ3) is 3.56. The highest BCUT2D eigenvalue weighted by molar-refractivity contribution is 7.99. The minimum atomic E-state index is -0.175. The lowest BCUT2D eigenvalue weighted by Gasteiger charge is -2.10. The average molecular weight is 405 g/mol. The Morgan fingerprint density at radius 3 is 2.72 bits per heavy atom. The largest absolute Gasteiger partial charge is 0.497 e. The number of carbonyl (C=O) groups excluding carboxylic acids is 1. The number of nitrogens with one attached hydrogen (secondary N) is 1. The zero-order valence-corrected chi connectivity index (χ0v) is 16.7. The fourth-order valence-corrected chi connectivity index (χ4v) is 4.06. The van der Waals surface area contributed by atoms with Crippen molar-refractivity contribution < 1.29 is 9.53 Å². The normalized spacial score (nSPS) is 11.1. The minimum absolute atomic E-state index is 0.0453. The van der Waals surface area contributed by atoms with Gasteiger partial charge in [0.15, 0.2) is 10.9 Å². The van der Waals surface area contributed by atoms with Crippen molar-refractivity contribution in [3.63, 3.8) is 0 Å². The minimum Gasteiger partial charge on any atom is -0.497 e. The molecular formula is C22H19N3O3S. The quantitative estimate of drug-likeness (QED) is 0.217. The number of ketones is 1. The average Bonchev–Trinajstić information content (AvgIpc) is 3.13. The number of thioether (sulfide) groups is 1. The van der Waals surface area contributed by atoms with Gasteiger partial charge in [-0.15, -0.1) is 6.58 Å². The highest BCUT2D eigenvalue weighted by Gasteiger charge is 2.16. The van der Waals surface area contributed by atoms with E-state index in [0.717, 1.165) is 10.9 Å². The summed E-state index contributed by atoms with van der Waals surface area (Å²) in [5.41, 5.74) is 2.34. The number of benzene rings is 2. The second-order valence-corrected chi connectivity index (χ2v) is 7.38. The molecule has 0 saturated carbocycles. The van der Waals surface area contributed by atoms with Crippen molar-refractivity contribution in [3.8, 4) is 5.75 Å². The number of rotatable bonds is 7. The maximum absolute atomic E-state index is 13.0. The standard InChI is InChI=1S/C22H19N3O3S/c1-3-12-25-21(27)20-19(16-6-4-5-7-17(16)23-20)24-22(25)29-13-18(26)14-8-10-15(28-2)11-9-14/h3-11,23H,1,12-13H2,2H3. The summed E-state index contributed by atoms with van der Waals surface area (Å²) in [5, 5.41) is 1.38. The molecule has 0 aliphatic rings. The van der Waals surface area contributed by atoms with Gasteiger partial charge in [-0.05, 0) is 30.3 Å². The van der Waals surface area contributed by atoms with Crippen molar-refractivity contribution in [3.05, 3.63) is 77.1 Å². The molecule has 0 saturated heterocycles. The number of Topliss-reactive ketones (excluding diaryl/α,β-unsaturated/α-hetero) is 1. The molecular weight excluding hydrogens is 386 g/mol. The molecule has 6 nitrogen and oxygen atoms in total. The second-order valence-electron chi connectivity index (χ2n) is 6.43. The number of ether oxygens (including phenoxy) is 1. The Morgan fingerprint density at radius 2 is 2.00 bits per heavy atom. The van der Waals surface area contributed by atoms with E-state index in [1.807, 2.05) is 24.3 Å². The Labute approximate surface area is 171 Å². The van der Waals surface area contributed by atoms with Crippen molar-refractivity contribution in [2.24, 2.45) is 0 Å². The van der Waals surface area contributed by atoms with Crippen LogP contribution < -0.4 is 10.3 Å². The van der Waals surface area contributed by atoms with Crippen LogP contribution in [0, 0.1) is 0 Å². The maximum Gasteiger partial charge on any atom is 0.278 e. The summed E-state index contributed by atoms with van der Waals surface area (Å²) in [6.07, 6.45) is 1.65. The zero-order chi connectivity index (χ0) is 20.4. The molecule has 0 atom stereocenters. The highest BCUT2D eigenvalue weighted by atomic mass is 32.2. The topological polar surface area (TPSA) is 77.0 Å². The van der Waals surface area contributed by atoms with Gasteiger partial charge in [0.2, 0.25) is 0 Å². The monoisotopic (exact) mass is 405 g/mol. The van der Waals surface area contributed by atoms with Crippen molar-refractivity contribution in [1.82, 2.24) is 14.5 Å². The summed E-state index contributed by atoms with van der Waals surface area (Å²) < 4.78 is 6.66. The van der Waals surface area contributed by atoms with Gasteiger partial charge < -0.3 is 9.72 Å². The Hall–Kier alpha value is -3.32. The van der Waals surface area contributed by atoms with E-state index in [9.17, 15) is 9.59 Å².